The molecular weight excluding hydrogens is 290 g/mol. The molecule has 0 bridgehead atoms. The lowest BCUT2D eigenvalue weighted by Gasteiger charge is -2.22. The molecule has 0 aromatic heterocycles. The summed E-state index contributed by atoms with van der Waals surface area (Å²) in [5.74, 6) is -0.645. The maximum Gasteiger partial charge on any atom is 0.130 e. The van der Waals surface area contributed by atoms with E-state index in [9.17, 15) is 8.78 Å². The normalized spacial score (nSPS) is 26.2. The van der Waals surface area contributed by atoms with Crippen molar-refractivity contribution in [2.24, 2.45) is 5.92 Å². The van der Waals surface area contributed by atoms with Crippen molar-refractivity contribution >= 4 is 15.9 Å². The standard InChI is InChI=1S/C13H15BrF2O/c1-7-3-4-17-13(7)12(14)9-5-8(2)10(15)6-11(9)16/h5-7,12-13H,3-4H2,1-2H3. The minimum Gasteiger partial charge on any atom is -0.376 e. The number of hydrogen-bond donors (Lipinski definition) is 0. The molecule has 0 saturated carbocycles. The number of rotatable bonds is 2. The fraction of sp³-hybridized carbons (Fsp3) is 0.538. The zero-order valence-electron chi connectivity index (χ0n) is 9.84. The first-order valence-electron chi connectivity index (χ1n) is 5.72. The number of alkyl halides is 1. The van der Waals surface area contributed by atoms with E-state index in [0.29, 0.717) is 23.7 Å². The molecule has 0 N–H and O–H groups in total. The molecule has 1 saturated heterocycles. The predicted octanol–water partition coefficient (Wildman–Crippen LogP) is 4.13. The van der Waals surface area contributed by atoms with Gasteiger partial charge in [-0.05, 0) is 30.9 Å². The number of halogens is 3. The summed E-state index contributed by atoms with van der Waals surface area (Å²) in [6.07, 6.45) is 0.934. The first kappa shape index (κ1) is 13.0. The van der Waals surface area contributed by atoms with Crippen molar-refractivity contribution in [2.75, 3.05) is 6.61 Å². The molecule has 0 amide bonds. The van der Waals surface area contributed by atoms with Gasteiger partial charge in [0.05, 0.1) is 10.9 Å². The van der Waals surface area contributed by atoms with Crippen molar-refractivity contribution in [3.63, 3.8) is 0 Å². The molecule has 0 radical (unpaired) electrons. The highest BCUT2D eigenvalue weighted by molar-refractivity contribution is 9.09. The molecular formula is C13H15BrF2O. The molecule has 4 heteroatoms. The van der Waals surface area contributed by atoms with E-state index in [1.807, 2.05) is 0 Å². The Morgan fingerprint density at radius 2 is 2.06 bits per heavy atom. The molecule has 3 unspecified atom stereocenters. The van der Waals surface area contributed by atoms with Crippen LogP contribution in [-0.4, -0.2) is 12.7 Å². The third-order valence-electron chi connectivity index (χ3n) is 3.31. The first-order valence-corrected chi connectivity index (χ1v) is 6.63. The molecule has 17 heavy (non-hydrogen) atoms. The van der Waals surface area contributed by atoms with Gasteiger partial charge in [-0.25, -0.2) is 8.78 Å². The lowest BCUT2D eigenvalue weighted by atomic mass is 9.96. The maximum absolute atomic E-state index is 13.7. The van der Waals surface area contributed by atoms with Gasteiger partial charge < -0.3 is 4.74 Å². The number of hydrogen-bond acceptors (Lipinski definition) is 1. The molecule has 1 aromatic rings. The summed E-state index contributed by atoms with van der Waals surface area (Å²) in [5.41, 5.74) is 0.930. The average molecular weight is 305 g/mol. The molecule has 1 heterocycles. The van der Waals surface area contributed by atoms with E-state index in [1.54, 1.807) is 13.0 Å². The Bertz CT molecular complexity index is 422. The van der Waals surface area contributed by atoms with Crippen molar-refractivity contribution in [2.45, 2.75) is 31.2 Å². The fourth-order valence-electron chi connectivity index (χ4n) is 2.16. The van der Waals surface area contributed by atoms with Crippen LogP contribution in [0.2, 0.25) is 0 Å². The molecule has 1 nitrogen and oxygen atoms in total. The summed E-state index contributed by atoms with van der Waals surface area (Å²) >= 11 is 3.48. The minimum absolute atomic E-state index is 0.0469. The summed E-state index contributed by atoms with van der Waals surface area (Å²) in [6, 6.07) is 2.50. The topological polar surface area (TPSA) is 9.23 Å². The van der Waals surface area contributed by atoms with Crippen LogP contribution in [0.5, 0.6) is 0 Å². The predicted molar refractivity (Wildman–Crippen MR) is 66.3 cm³/mol. The van der Waals surface area contributed by atoms with E-state index in [4.69, 9.17) is 4.74 Å². The van der Waals surface area contributed by atoms with E-state index in [0.717, 1.165) is 12.5 Å². The van der Waals surface area contributed by atoms with Crippen LogP contribution in [0, 0.1) is 24.5 Å². The summed E-state index contributed by atoms with van der Waals surface area (Å²) in [6.45, 7) is 4.42. The number of aryl methyl sites for hydroxylation is 1. The molecule has 2 rings (SSSR count). The molecule has 94 valence electrons. The van der Waals surface area contributed by atoms with Crippen molar-refractivity contribution < 1.29 is 13.5 Å². The van der Waals surface area contributed by atoms with Gasteiger partial charge in [-0.1, -0.05) is 22.9 Å². The van der Waals surface area contributed by atoms with Gasteiger partial charge >= 0.3 is 0 Å². The Balaban J connectivity index is 2.30. The van der Waals surface area contributed by atoms with Gasteiger partial charge in [0, 0.05) is 18.2 Å². The zero-order valence-corrected chi connectivity index (χ0v) is 11.4. The highest BCUT2D eigenvalue weighted by atomic mass is 79.9. The van der Waals surface area contributed by atoms with Crippen LogP contribution in [-0.2, 0) is 4.74 Å². The second kappa shape index (κ2) is 5.02. The van der Waals surface area contributed by atoms with Crippen LogP contribution >= 0.6 is 15.9 Å². The number of ether oxygens (including phenoxy) is 1. The summed E-state index contributed by atoms with van der Waals surface area (Å²) in [7, 11) is 0. The van der Waals surface area contributed by atoms with Crippen LogP contribution in [0.3, 0.4) is 0 Å². The summed E-state index contributed by atoms with van der Waals surface area (Å²) in [4.78, 5) is -0.223. The van der Waals surface area contributed by atoms with Gasteiger partial charge in [0.25, 0.3) is 0 Å². The van der Waals surface area contributed by atoms with E-state index >= 15 is 0 Å². The fourth-order valence-corrected chi connectivity index (χ4v) is 3.18. The lowest BCUT2D eigenvalue weighted by molar-refractivity contribution is 0.0927. The Morgan fingerprint density at radius 3 is 2.65 bits per heavy atom. The quantitative estimate of drug-likeness (QED) is 0.746. The largest absolute Gasteiger partial charge is 0.376 e. The zero-order chi connectivity index (χ0) is 12.6. The number of benzene rings is 1. The molecule has 1 fully saturated rings. The minimum atomic E-state index is -0.516. The monoisotopic (exact) mass is 304 g/mol. The van der Waals surface area contributed by atoms with Crippen molar-refractivity contribution in [3.05, 3.63) is 34.9 Å². The van der Waals surface area contributed by atoms with Gasteiger partial charge in [-0.2, -0.15) is 0 Å². The molecule has 1 aromatic carbocycles. The smallest absolute Gasteiger partial charge is 0.130 e. The van der Waals surface area contributed by atoms with Crippen LogP contribution in [0.1, 0.15) is 29.3 Å². The van der Waals surface area contributed by atoms with Gasteiger partial charge in [-0.15, -0.1) is 0 Å². The van der Waals surface area contributed by atoms with Crippen LogP contribution in [0.25, 0.3) is 0 Å². The third kappa shape index (κ3) is 2.52. The highest BCUT2D eigenvalue weighted by Crippen LogP contribution is 2.38. The van der Waals surface area contributed by atoms with Crippen LogP contribution in [0.4, 0.5) is 8.78 Å². The molecule has 1 aliphatic rings. The lowest BCUT2D eigenvalue weighted by Crippen LogP contribution is -2.20. The molecule has 3 atom stereocenters. The van der Waals surface area contributed by atoms with Crippen molar-refractivity contribution in [3.8, 4) is 0 Å². The molecule has 1 aliphatic heterocycles. The molecule has 0 spiro atoms. The van der Waals surface area contributed by atoms with Crippen LogP contribution < -0.4 is 0 Å². The van der Waals surface area contributed by atoms with E-state index in [2.05, 4.69) is 22.9 Å². The summed E-state index contributed by atoms with van der Waals surface area (Å²) < 4.78 is 32.5. The summed E-state index contributed by atoms with van der Waals surface area (Å²) in [5, 5.41) is 0. The van der Waals surface area contributed by atoms with E-state index in [-0.39, 0.29) is 10.9 Å². The highest BCUT2D eigenvalue weighted by Gasteiger charge is 2.33. The van der Waals surface area contributed by atoms with Crippen molar-refractivity contribution in [1.82, 2.24) is 0 Å². The van der Waals surface area contributed by atoms with E-state index < -0.39 is 11.6 Å². The Labute approximate surface area is 108 Å². The Hall–Kier alpha value is -0.480. The SMILES string of the molecule is Cc1cc(C(Br)C2OCCC2C)c(F)cc1F. The van der Waals surface area contributed by atoms with Gasteiger partial charge in [0.2, 0.25) is 0 Å². The average Bonchev–Trinajstić information content (AvgIpc) is 2.69. The first-order chi connectivity index (χ1) is 8.00. The third-order valence-corrected chi connectivity index (χ3v) is 4.32. The molecule has 0 aliphatic carbocycles. The van der Waals surface area contributed by atoms with Gasteiger partial charge in [0.1, 0.15) is 11.6 Å². The Kier molecular flexibility index (Phi) is 3.83. The van der Waals surface area contributed by atoms with E-state index in [1.165, 1.54) is 0 Å². The maximum atomic E-state index is 13.7. The Morgan fingerprint density at radius 1 is 1.35 bits per heavy atom. The second-order valence-corrected chi connectivity index (χ2v) is 5.61. The van der Waals surface area contributed by atoms with Crippen LogP contribution in [0.15, 0.2) is 12.1 Å². The van der Waals surface area contributed by atoms with Crippen molar-refractivity contribution in [1.29, 1.82) is 0 Å². The van der Waals surface area contributed by atoms with Gasteiger partial charge in [0.15, 0.2) is 0 Å². The second-order valence-electron chi connectivity index (χ2n) is 4.63. The van der Waals surface area contributed by atoms with Gasteiger partial charge in [-0.3, -0.25) is 0 Å².